The predicted octanol–water partition coefficient (Wildman–Crippen LogP) is 6.01. The minimum atomic E-state index is -0.341. The number of hydrogen-bond donors (Lipinski definition) is 0. The zero-order chi connectivity index (χ0) is 16.8. The van der Waals surface area contributed by atoms with Gasteiger partial charge >= 0.3 is 0 Å². The van der Waals surface area contributed by atoms with E-state index < -0.39 is 0 Å². The van der Waals surface area contributed by atoms with Crippen LogP contribution in [0.3, 0.4) is 0 Å². The summed E-state index contributed by atoms with van der Waals surface area (Å²) in [7, 11) is 0. The molecule has 1 rings (SSSR count). The molecule has 0 fully saturated rings. The smallest absolute Gasteiger partial charge is 0.143 e. The Morgan fingerprint density at radius 3 is 2.45 bits per heavy atom. The van der Waals surface area contributed by atoms with Crippen molar-refractivity contribution in [2.75, 3.05) is 0 Å². The maximum Gasteiger partial charge on any atom is 0.143 e. The van der Waals surface area contributed by atoms with Gasteiger partial charge in [0.05, 0.1) is 0 Å². The standard InChI is InChI=1S/C20H27FO/c1-15(13-18(21)14-16(2)10-12-22)8-9-19-17(3)7-6-11-20(19,4)5/h8-10,12-14H,6-7,11H2,1-5H3/b9-8+,15-13-,16-10+,18-14+. The van der Waals surface area contributed by atoms with Crippen LogP contribution < -0.4 is 0 Å². The molecule has 0 saturated carbocycles. The molecule has 0 amide bonds. The van der Waals surface area contributed by atoms with Crippen LogP contribution in [0.2, 0.25) is 0 Å². The fourth-order valence-electron chi connectivity index (χ4n) is 2.91. The average Bonchev–Trinajstić information content (AvgIpc) is 2.37. The van der Waals surface area contributed by atoms with Gasteiger partial charge in [0.15, 0.2) is 0 Å². The van der Waals surface area contributed by atoms with Crippen molar-refractivity contribution in [3.63, 3.8) is 0 Å². The van der Waals surface area contributed by atoms with Gasteiger partial charge in [-0.1, -0.05) is 31.6 Å². The molecule has 2 heteroatoms. The molecular weight excluding hydrogens is 275 g/mol. The SMILES string of the molecule is CC1=C(/C=C/C(C)=C\C(F)=C/C(C)=C/C=O)C(C)(C)CCC1. The Balaban J connectivity index is 2.91. The quantitative estimate of drug-likeness (QED) is 0.345. The lowest BCUT2D eigenvalue weighted by molar-refractivity contribution is -0.104. The third kappa shape index (κ3) is 5.59. The molecule has 0 saturated heterocycles. The molecule has 0 aromatic carbocycles. The Labute approximate surface area is 134 Å². The second-order valence-corrected chi connectivity index (χ2v) is 6.73. The third-order valence-electron chi connectivity index (χ3n) is 4.12. The molecule has 1 aliphatic carbocycles. The molecule has 0 unspecified atom stereocenters. The molecule has 0 radical (unpaired) electrons. The lowest BCUT2D eigenvalue weighted by Crippen LogP contribution is -2.19. The molecule has 0 aliphatic heterocycles. The fourth-order valence-corrected chi connectivity index (χ4v) is 2.91. The summed E-state index contributed by atoms with van der Waals surface area (Å²) in [5, 5.41) is 0. The highest BCUT2D eigenvalue weighted by Crippen LogP contribution is 2.40. The largest absolute Gasteiger partial charge is 0.299 e. The van der Waals surface area contributed by atoms with Gasteiger partial charge in [0.1, 0.15) is 12.1 Å². The number of aldehydes is 1. The van der Waals surface area contributed by atoms with Crippen molar-refractivity contribution >= 4 is 6.29 Å². The second-order valence-electron chi connectivity index (χ2n) is 6.73. The van der Waals surface area contributed by atoms with Crippen LogP contribution in [-0.2, 0) is 4.79 Å². The Kier molecular flexibility index (Phi) is 6.73. The van der Waals surface area contributed by atoms with Crippen molar-refractivity contribution in [3.8, 4) is 0 Å². The minimum Gasteiger partial charge on any atom is -0.299 e. The van der Waals surface area contributed by atoms with Crippen molar-refractivity contribution in [2.24, 2.45) is 5.41 Å². The zero-order valence-corrected chi connectivity index (χ0v) is 14.4. The normalized spacial score (nSPS) is 20.7. The van der Waals surface area contributed by atoms with Crippen molar-refractivity contribution in [2.45, 2.75) is 53.9 Å². The van der Waals surface area contributed by atoms with E-state index in [0.717, 1.165) is 12.0 Å². The van der Waals surface area contributed by atoms with Gasteiger partial charge in [0.25, 0.3) is 0 Å². The van der Waals surface area contributed by atoms with Crippen LogP contribution in [0.15, 0.2) is 58.5 Å². The van der Waals surface area contributed by atoms with E-state index in [1.165, 1.54) is 42.2 Å². The molecule has 0 aromatic rings. The highest BCUT2D eigenvalue weighted by molar-refractivity contribution is 5.67. The lowest BCUT2D eigenvalue weighted by atomic mass is 9.72. The topological polar surface area (TPSA) is 17.1 Å². The zero-order valence-electron chi connectivity index (χ0n) is 14.4. The predicted molar refractivity (Wildman–Crippen MR) is 92.2 cm³/mol. The first-order chi connectivity index (χ1) is 10.3. The van der Waals surface area contributed by atoms with Crippen LogP contribution in [0.25, 0.3) is 0 Å². The molecule has 0 N–H and O–H groups in total. The number of halogens is 1. The summed E-state index contributed by atoms with van der Waals surface area (Å²) >= 11 is 0. The summed E-state index contributed by atoms with van der Waals surface area (Å²) in [6.45, 7) is 10.3. The monoisotopic (exact) mass is 302 g/mol. The Hall–Kier alpha value is -1.70. The van der Waals surface area contributed by atoms with Crippen LogP contribution >= 0.6 is 0 Å². The van der Waals surface area contributed by atoms with Gasteiger partial charge in [-0.2, -0.15) is 0 Å². The first-order valence-electron chi connectivity index (χ1n) is 7.82. The molecule has 0 aromatic heterocycles. The molecule has 1 aliphatic rings. The average molecular weight is 302 g/mol. The summed E-state index contributed by atoms with van der Waals surface area (Å²) in [6, 6.07) is 0. The van der Waals surface area contributed by atoms with Gasteiger partial charge in [-0.25, -0.2) is 4.39 Å². The maximum atomic E-state index is 13.8. The summed E-state index contributed by atoms with van der Waals surface area (Å²) < 4.78 is 13.8. The number of carbonyl (C=O) groups excluding carboxylic acids is 1. The van der Waals surface area contributed by atoms with E-state index >= 15 is 0 Å². The van der Waals surface area contributed by atoms with Gasteiger partial charge in [0, 0.05) is 0 Å². The second kappa shape index (κ2) is 8.07. The van der Waals surface area contributed by atoms with Crippen molar-refractivity contribution < 1.29 is 9.18 Å². The van der Waals surface area contributed by atoms with Gasteiger partial charge in [-0.05, 0) is 80.4 Å². The van der Waals surface area contributed by atoms with Gasteiger partial charge in [-0.3, -0.25) is 4.79 Å². The molecule has 1 nitrogen and oxygen atoms in total. The van der Waals surface area contributed by atoms with E-state index in [4.69, 9.17) is 0 Å². The molecule has 22 heavy (non-hydrogen) atoms. The first kappa shape index (κ1) is 18.3. The van der Waals surface area contributed by atoms with E-state index in [9.17, 15) is 9.18 Å². The van der Waals surface area contributed by atoms with Crippen LogP contribution in [0.1, 0.15) is 53.9 Å². The van der Waals surface area contributed by atoms with Crippen LogP contribution in [0, 0.1) is 5.41 Å². The molecule has 0 atom stereocenters. The van der Waals surface area contributed by atoms with Gasteiger partial charge in [0.2, 0.25) is 0 Å². The highest BCUT2D eigenvalue weighted by Gasteiger charge is 2.26. The van der Waals surface area contributed by atoms with Crippen LogP contribution in [-0.4, -0.2) is 6.29 Å². The van der Waals surface area contributed by atoms with Crippen molar-refractivity contribution in [1.82, 2.24) is 0 Å². The first-order valence-corrected chi connectivity index (χ1v) is 7.82. The Morgan fingerprint density at radius 2 is 1.86 bits per heavy atom. The summed E-state index contributed by atoms with van der Waals surface area (Å²) in [5.74, 6) is -0.341. The number of allylic oxidation sites excluding steroid dienone is 10. The Morgan fingerprint density at radius 1 is 1.18 bits per heavy atom. The van der Waals surface area contributed by atoms with E-state index in [0.29, 0.717) is 11.9 Å². The molecular formula is C20H27FO. The maximum absolute atomic E-state index is 13.8. The number of hydrogen-bond acceptors (Lipinski definition) is 1. The van der Waals surface area contributed by atoms with E-state index in [1.807, 2.05) is 13.0 Å². The summed E-state index contributed by atoms with van der Waals surface area (Å²) in [5.41, 5.74) is 4.45. The molecule has 120 valence electrons. The van der Waals surface area contributed by atoms with E-state index in [1.54, 1.807) is 6.92 Å². The van der Waals surface area contributed by atoms with Crippen molar-refractivity contribution in [1.29, 1.82) is 0 Å². The number of rotatable bonds is 5. The van der Waals surface area contributed by atoms with Crippen LogP contribution in [0.5, 0.6) is 0 Å². The van der Waals surface area contributed by atoms with E-state index in [2.05, 4.69) is 26.8 Å². The Bertz CT molecular complexity index is 569. The molecule has 0 bridgehead atoms. The summed E-state index contributed by atoms with van der Waals surface area (Å²) in [6.07, 6.45) is 12.5. The third-order valence-corrected chi connectivity index (χ3v) is 4.12. The lowest BCUT2D eigenvalue weighted by Gasteiger charge is -2.32. The fraction of sp³-hybridized carbons (Fsp3) is 0.450. The molecule has 0 spiro atoms. The summed E-state index contributed by atoms with van der Waals surface area (Å²) in [4.78, 5) is 10.3. The van der Waals surface area contributed by atoms with Gasteiger partial charge in [-0.15, -0.1) is 0 Å². The highest BCUT2D eigenvalue weighted by atomic mass is 19.1. The molecule has 0 heterocycles. The van der Waals surface area contributed by atoms with Crippen molar-refractivity contribution in [3.05, 3.63) is 58.5 Å². The van der Waals surface area contributed by atoms with E-state index in [-0.39, 0.29) is 11.2 Å². The van der Waals surface area contributed by atoms with Gasteiger partial charge < -0.3 is 0 Å². The minimum absolute atomic E-state index is 0.191. The van der Waals surface area contributed by atoms with Crippen LogP contribution in [0.4, 0.5) is 4.39 Å². The number of carbonyl (C=O) groups is 1.